The molecule has 9 nitrogen and oxygen atoms in total. The van der Waals surface area contributed by atoms with Crippen molar-refractivity contribution in [2.75, 3.05) is 0 Å². The number of benzene rings is 2. The number of aliphatic hydroxyl groups excluding tert-OH is 1. The van der Waals surface area contributed by atoms with E-state index in [-0.39, 0.29) is 29.0 Å². The van der Waals surface area contributed by atoms with Gasteiger partial charge < -0.3 is 31.9 Å². The Kier molecular flexibility index (Phi) is 3.81. The molecule has 0 aromatic heterocycles. The Morgan fingerprint density at radius 1 is 1.13 bits per heavy atom. The highest BCUT2D eigenvalue weighted by Gasteiger charge is 2.61. The summed E-state index contributed by atoms with van der Waals surface area (Å²) in [7, 11) is 0. The lowest BCUT2D eigenvalue weighted by Crippen LogP contribution is -2.64. The molecular weight excluding hydrogens is 404 g/mol. The van der Waals surface area contributed by atoms with E-state index in [0.29, 0.717) is 10.9 Å². The zero-order chi connectivity index (χ0) is 22.4. The molecule has 31 heavy (non-hydrogen) atoms. The molecule has 3 atom stereocenters. The van der Waals surface area contributed by atoms with E-state index in [9.17, 15) is 34.8 Å². The van der Waals surface area contributed by atoms with Gasteiger partial charge in [-0.25, -0.2) is 0 Å². The van der Waals surface area contributed by atoms with Crippen molar-refractivity contribution in [3.63, 3.8) is 0 Å². The quantitative estimate of drug-likeness (QED) is 0.375. The third-order valence-electron chi connectivity index (χ3n) is 6.76. The minimum absolute atomic E-state index is 0.0633. The monoisotopic (exact) mass is 424 g/mol. The Bertz CT molecular complexity index is 1260. The fourth-order valence-electron chi connectivity index (χ4n) is 5.03. The molecule has 1 fully saturated rings. The maximum absolute atomic E-state index is 13.4. The van der Waals surface area contributed by atoms with Crippen LogP contribution in [0.5, 0.6) is 11.5 Å². The van der Waals surface area contributed by atoms with Crippen LogP contribution < -0.4 is 11.5 Å². The Balaban J connectivity index is 1.81. The van der Waals surface area contributed by atoms with Crippen molar-refractivity contribution >= 4 is 28.2 Å². The molecule has 0 spiro atoms. The number of hydrogen-bond acceptors (Lipinski definition) is 8. The van der Waals surface area contributed by atoms with E-state index in [1.165, 1.54) is 6.07 Å². The number of aromatic hydroxyl groups is 2. The first kappa shape index (κ1) is 19.5. The van der Waals surface area contributed by atoms with Gasteiger partial charge in [0.15, 0.2) is 11.4 Å². The number of amides is 1. The van der Waals surface area contributed by atoms with E-state index in [4.69, 9.17) is 11.5 Å². The van der Waals surface area contributed by atoms with Gasteiger partial charge in [0.1, 0.15) is 22.8 Å². The number of phenolic OH excluding ortho intramolecular Hbond substituents is 2. The zero-order valence-corrected chi connectivity index (χ0v) is 16.3. The number of rotatable bonds is 2. The van der Waals surface area contributed by atoms with Crippen molar-refractivity contribution in [3.05, 3.63) is 46.2 Å². The first-order valence-electron chi connectivity index (χ1n) is 9.89. The van der Waals surface area contributed by atoms with Gasteiger partial charge in [-0.15, -0.1) is 0 Å². The molecular formula is C22H20N2O7. The number of hydrogen-bond donors (Lipinski definition) is 6. The Labute approximate surface area is 175 Å². The SMILES string of the molecule is NC(=O)C1=C(O)C2(O)C(=O)c3c(cc4c(C5CC5)ccc(O)c4c3O)CC2C(N)C1=O. The number of ketones is 2. The molecule has 0 heterocycles. The fraction of sp³-hybridized carbons (Fsp3) is 0.318. The van der Waals surface area contributed by atoms with Crippen molar-refractivity contribution < 1.29 is 34.8 Å². The van der Waals surface area contributed by atoms with Crippen molar-refractivity contribution in [1.82, 2.24) is 0 Å². The summed E-state index contributed by atoms with van der Waals surface area (Å²) < 4.78 is 0. The molecule has 1 amide bonds. The van der Waals surface area contributed by atoms with Crippen LogP contribution in [0.25, 0.3) is 10.8 Å². The van der Waals surface area contributed by atoms with Crippen LogP contribution in [-0.2, 0) is 16.0 Å². The number of carbonyl (C=O) groups excluding carboxylic acids is 3. The van der Waals surface area contributed by atoms with Gasteiger partial charge in [0, 0.05) is 5.92 Å². The largest absolute Gasteiger partial charge is 0.508 e. The topological polar surface area (TPSA) is 184 Å². The summed E-state index contributed by atoms with van der Waals surface area (Å²) in [5.74, 6) is -6.33. The summed E-state index contributed by atoms with van der Waals surface area (Å²) in [6.45, 7) is 0. The van der Waals surface area contributed by atoms with Gasteiger partial charge in [0.2, 0.25) is 5.78 Å². The highest BCUT2D eigenvalue weighted by Crippen LogP contribution is 2.51. The molecule has 160 valence electrons. The number of aliphatic hydroxyl groups is 2. The second-order valence-electron chi connectivity index (χ2n) is 8.51. The summed E-state index contributed by atoms with van der Waals surface area (Å²) in [5, 5.41) is 43.8. The van der Waals surface area contributed by atoms with Crippen LogP contribution in [0.1, 0.15) is 40.2 Å². The molecule has 9 heteroatoms. The van der Waals surface area contributed by atoms with Crippen LogP contribution in [0.3, 0.4) is 0 Å². The lowest BCUT2D eigenvalue weighted by atomic mass is 9.62. The van der Waals surface area contributed by atoms with Crippen LogP contribution >= 0.6 is 0 Å². The highest BCUT2D eigenvalue weighted by molar-refractivity contribution is 6.24. The molecule has 3 unspecified atom stereocenters. The molecule has 0 bridgehead atoms. The lowest BCUT2D eigenvalue weighted by molar-refractivity contribution is -0.127. The van der Waals surface area contributed by atoms with Crippen molar-refractivity contribution in [2.45, 2.75) is 36.8 Å². The summed E-state index contributed by atoms with van der Waals surface area (Å²) in [6, 6.07) is 3.39. The highest BCUT2D eigenvalue weighted by atomic mass is 16.3. The van der Waals surface area contributed by atoms with Gasteiger partial charge in [-0.1, -0.05) is 6.07 Å². The molecule has 3 aliphatic carbocycles. The fourth-order valence-corrected chi connectivity index (χ4v) is 5.03. The average Bonchev–Trinajstić information content (AvgIpc) is 3.54. The Morgan fingerprint density at radius 2 is 1.81 bits per heavy atom. The molecule has 2 aromatic carbocycles. The normalized spacial score (nSPS) is 27.9. The number of fused-ring (bicyclic) bond motifs is 3. The summed E-state index contributed by atoms with van der Waals surface area (Å²) in [6.07, 6.45) is 1.81. The van der Waals surface area contributed by atoms with E-state index >= 15 is 0 Å². The minimum Gasteiger partial charge on any atom is -0.508 e. The molecule has 1 saturated carbocycles. The molecule has 3 aliphatic rings. The summed E-state index contributed by atoms with van der Waals surface area (Å²) in [5.41, 5.74) is 8.45. The summed E-state index contributed by atoms with van der Waals surface area (Å²) in [4.78, 5) is 37.6. The Morgan fingerprint density at radius 3 is 2.42 bits per heavy atom. The van der Waals surface area contributed by atoms with Gasteiger partial charge in [-0.05, 0) is 53.8 Å². The van der Waals surface area contributed by atoms with Gasteiger partial charge in [-0.2, -0.15) is 0 Å². The van der Waals surface area contributed by atoms with Crippen molar-refractivity contribution in [1.29, 1.82) is 0 Å². The second-order valence-corrected chi connectivity index (χ2v) is 8.51. The molecule has 8 N–H and O–H groups in total. The van der Waals surface area contributed by atoms with E-state index in [1.807, 2.05) is 0 Å². The lowest BCUT2D eigenvalue weighted by Gasteiger charge is -2.44. The van der Waals surface area contributed by atoms with Crippen molar-refractivity contribution in [3.8, 4) is 11.5 Å². The van der Waals surface area contributed by atoms with Gasteiger partial charge in [-0.3, -0.25) is 14.4 Å². The molecule has 2 aromatic rings. The number of Topliss-reactive ketones (excluding diaryl/α,β-unsaturated/α-hetero) is 2. The van der Waals surface area contributed by atoms with Gasteiger partial charge >= 0.3 is 0 Å². The Hall–Kier alpha value is -3.43. The van der Waals surface area contributed by atoms with E-state index in [1.54, 1.807) is 12.1 Å². The molecule has 5 rings (SSSR count). The maximum Gasteiger partial charge on any atom is 0.255 e. The van der Waals surface area contributed by atoms with E-state index in [2.05, 4.69) is 0 Å². The van der Waals surface area contributed by atoms with Gasteiger partial charge in [0.05, 0.1) is 17.0 Å². The smallest absolute Gasteiger partial charge is 0.255 e. The third kappa shape index (κ3) is 2.35. The molecule has 0 saturated heterocycles. The van der Waals surface area contributed by atoms with E-state index in [0.717, 1.165) is 18.4 Å². The average molecular weight is 424 g/mol. The summed E-state index contributed by atoms with van der Waals surface area (Å²) >= 11 is 0. The number of primary amides is 1. The predicted molar refractivity (Wildman–Crippen MR) is 108 cm³/mol. The first-order valence-corrected chi connectivity index (χ1v) is 9.89. The van der Waals surface area contributed by atoms with Crippen LogP contribution in [-0.4, -0.2) is 49.5 Å². The maximum atomic E-state index is 13.4. The zero-order valence-electron chi connectivity index (χ0n) is 16.3. The van der Waals surface area contributed by atoms with Crippen LogP contribution in [0, 0.1) is 5.92 Å². The predicted octanol–water partition coefficient (Wildman–Crippen LogP) is 0.422. The molecule has 0 aliphatic heterocycles. The number of nitrogens with two attached hydrogens (primary N) is 2. The van der Waals surface area contributed by atoms with Crippen LogP contribution in [0.15, 0.2) is 29.5 Å². The first-order chi connectivity index (χ1) is 14.6. The third-order valence-corrected chi connectivity index (χ3v) is 6.76. The van der Waals surface area contributed by atoms with Crippen LogP contribution in [0.4, 0.5) is 0 Å². The van der Waals surface area contributed by atoms with Crippen LogP contribution in [0.2, 0.25) is 0 Å². The number of phenols is 2. The minimum atomic E-state index is -2.71. The van der Waals surface area contributed by atoms with E-state index < -0.39 is 52.1 Å². The number of carbonyl (C=O) groups is 3. The van der Waals surface area contributed by atoms with Crippen molar-refractivity contribution in [2.24, 2.45) is 17.4 Å². The van der Waals surface area contributed by atoms with Gasteiger partial charge in [0.25, 0.3) is 5.91 Å². The standard InChI is InChI=1S/C22H20N2O7/c23-16-11-6-8-5-10-9(7-1-2-7)3-4-12(25)14(10)17(26)13(8)19(28)22(11,31)20(29)15(18(16)27)21(24)30/h3-5,7,11,16,25-26,29,31H,1-2,6,23H2,(H2,24,30). The molecule has 0 radical (unpaired) electrons. The second kappa shape index (κ2) is 6.05.